The largest absolute Gasteiger partial charge is 0.465 e. The highest BCUT2D eigenvalue weighted by atomic mass is 32.1. The van der Waals surface area contributed by atoms with E-state index in [1.54, 1.807) is 0 Å². The van der Waals surface area contributed by atoms with Gasteiger partial charge in [0.05, 0.1) is 31.1 Å². The van der Waals surface area contributed by atoms with Crippen LogP contribution in [0.15, 0.2) is 0 Å². The number of amides is 3. The highest BCUT2D eigenvalue weighted by Crippen LogP contribution is 2.35. The Balaban J connectivity index is 1.82. The van der Waals surface area contributed by atoms with Gasteiger partial charge in [0.15, 0.2) is 0 Å². The summed E-state index contributed by atoms with van der Waals surface area (Å²) in [6, 6.07) is 0. The predicted molar refractivity (Wildman–Crippen MR) is 89.4 cm³/mol. The number of anilines is 1. The van der Waals surface area contributed by atoms with Crippen molar-refractivity contribution in [3.8, 4) is 0 Å². The molecule has 2 aliphatic heterocycles. The quantitative estimate of drug-likeness (QED) is 0.537. The molecule has 8 nitrogen and oxygen atoms in total. The third kappa shape index (κ3) is 3.42. The number of thiophene rings is 1. The van der Waals surface area contributed by atoms with E-state index >= 15 is 0 Å². The fourth-order valence-corrected chi connectivity index (χ4v) is 4.50. The lowest BCUT2D eigenvalue weighted by Crippen LogP contribution is -3.08. The first kappa shape index (κ1) is 17.6. The van der Waals surface area contributed by atoms with Gasteiger partial charge in [-0.3, -0.25) is 19.3 Å². The van der Waals surface area contributed by atoms with Gasteiger partial charge in [-0.2, -0.15) is 0 Å². The molecule has 2 aliphatic rings. The van der Waals surface area contributed by atoms with E-state index in [0.717, 1.165) is 34.9 Å². The van der Waals surface area contributed by atoms with Gasteiger partial charge in [-0.05, 0) is 5.56 Å². The summed E-state index contributed by atoms with van der Waals surface area (Å²) >= 11 is 1.36. The summed E-state index contributed by atoms with van der Waals surface area (Å²) in [6.07, 6.45) is 1.02. The fraction of sp³-hybridized carbons (Fsp3) is 0.500. The van der Waals surface area contributed by atoms with Crippen molar-refractivity contribution in [3.63, 3.8) is 0 Å². The lowest BCUT2D eigenvalue weighted by molar-refractivity contribution is -0.895. The molecule has 1 atom stereocenters. The summed E-state index contributed by atoms with van der Waals surface area (Å²) in [5, 5.41) is 3.12. The number of esters is 1. The molecule has 1 fully saturated rings. The van der Waals surface area contributed by atoms with Crippen LogP contribution in [0, 0.1) is 0 Å². The topological polar surface area (TPSA) is 97.2 Å². The number of imide groups is 1. The summed E-state index contributed by atoms with van der Waals surface area (Å²) in [5.74, 6) is -1.66. The molecule has 3 rings (SSSR count). The molecule has 3 amide bonds. The summed E-state index contributed by atoms with van der Waals surface area (Å²) in [7, 11) is 3.38. The first-order chi connectivity index (χ1) is 11.9. The van der Waals surface area contributed by atoms with Gasteiger partial charge in [0, 0.05) is 19.3 Å². The zero-order valence-corrected chi connectivity index (χ0v) is 15.0. The number of likely N-dealkylation sites (N-methyl/N-ethyl adjacent to an activating group) is 1. The number of hydrogen-bond acceptors (Lipinski definition) is 6. The SMILES string of the molecule is COC(=O)c1c(NC(=O)CN2C(=O)CCC2=O)sc2c1CC[NH+](C)C2. The average Bonchev–Trinajstić information content (AvgIpc) is 3.07. The van der Waals surface area contributed by atoms with Gasteiger partial charge in [-0.1, -0.05) is 0 Å². The lowest BCUT2D eigenvalue weighted by atomic mass is 10.0. The molecule has 2 N–H and O–H groups in total. The molecule has 1 saturated heterocycles. The molecule has 1 aromatic rings. The van der Waals surface area contributed by atoms with Crippen LogP contribution < -0.4 is 10.2 Å². The van der Waals surface area contributed by atoms with Gasteiger partial charge in [-0.15, -0.1) is 11.3 Å². The molecule has 3 heterocycles. The number of nitrogens with zero attached hydrogens (tertiary/aromatic N) is 1. The standard InChI is InChI=1S/C16H19N3O5S/c1-18-6-5-9-10(7-18)25-15(14(9)16(23)24-2)17-11(20)8-19-12(21)3-4-13(19)22/h3-8H2,1-2H3,(H,17,20)/p+1. The Morgan fingerprint density at radius 3 is 2.56 bits per heavy atom. The molecule has 9 heteroatoms. The molecule has 0 spiro atoms. The van der Waals surface area contributed by atoms with Crippen LogP contribution in [0.3, 0.4) is 0 Å². The number of likely N-dealkylation sites (tertiary alicyclic amines) is 1. The van der Waals surface area contributed by atoms with Crippen molar-refractivity contribution in [2.24, 2.45) is 0 Å². The Bertz CT molecular complexity index is 741. The van der Waals surface area contributed by atoms with Crippen molar-refractivity contribution in [2.75, 3.05) is 32.6 Å². The average molecular weight is 366 g/mol. The molecular weight excluding hydrogens is 346 g/mol. The van der Waals surface area contributed by atoms with E-state index in [9.17, 15) is 19.2 Å². The summed E-state index contributed by atoms with van der Waals surface area (Å²) in [5.41, 5.74) is 1.31. The van der Waals surface area contributed by atoms with E-state index in [-0.39, 0.29) is 31.2 Å². The van der Waals surface area contributed by atoms with E-state index < -0.39 is 11.9 Å². The van der Waals surface area contributed by atoms with Crippen molar-refractivity contribution in [3.05, 3.63) is 16.0 Å². The van der Waals surface area contributed by atoms with Gasteiger partial charge in [-0.25, -0.2) is 4.79 Å². The Hall–Kier alpha value is -2.26. The third-order valence-electron chi connectivity index (χ3n) is 4.45. The lowest BCUT2D eigenvalue weighted by Gasteiger charge is -2.19. The summed E-state index contributed by atoms with van der Waals surface area (Å²) in [4.78, 5) is 51.1. The zero-order chi connectivity index (χ0) is 18.1. The molecule has 0 aliphatic carbocycles. The number of carbonyl (C=O) groups excluding carboxylic acids is 4. The normalized spacial score (nSPS) is 19.8. The zero-order valence-electron chi connectivity index (χ0n) is 14.1. The number of hydrogen-bond donors (Lipinski definition) is 2. The second kappa shape index (κ2) is 6.93. The van der Waals surface area contributed by atoms with E-state index in [0.29, 0.717) is 10.6 Å². The first-order valence-electron chi connectivity index (χ1n) is 8.08. The van der Waals surface area contributed by atoms with Crippen LogP contribution in [0.1, 0.15) is 33.6 Å². The molecule has 25 heavy (non-hydrogen) atoms. The van der Waals surface area contributed by atoms with E-state index in [4.69, 9.17) is 4.74 Å². The molecule has 0 bridgehead atoms. The molecular formula is C16H20N3O5S+. The maximum Gasteiger partial charge on any atom is 0.341 e. The number of carbonyl (C=O) groups is 4. The van der Waals surface area contributed by atoms with Crippen LogP contribution in [0.2, 0.25) is 0 Å². The molecule has 134 valence electrons. The maximum atomic E-state index is 12.3. The molecule has 0 saturated carbocycles. The van der Waals surface area contributed by atoms with Gasteiger partial charge in [0.1, 0.15) is 18.1 Å². The van der Waals surface area contributed by atoms with Crippen molar-refractivity contribution in [1.29, 1.82) is 0 Å². The second-order valence-electron chi connectivity index (χ2n) is 6.26. The third-order valence-corrected chi connectivity index (χ3v) is 5.60. The van der Waals surface area contributed by atoms with Crippen molar-refractivity contribution < 1.29 is 28.8 Å². The molecule has 0 aromatic carbocycles. The van der Waals surface area contributed by atoms with Crippen molar-refractivity contribution >= 4 is 40.0 Å². The minimum Gasteiger partial charge on any atom is -0.465 e. The van der Waals surface area contributed by atoms with Crippen LogP contribution in [-0.2, 0) is 32.1 Å². The highest BCUT2D eigenvalue weighted by Gasteiger charge is 2.33. The van der Waals surface area contributed by atoms with E-state index in [1.807, 2.05) is 0 Å². The monoisotopic (exact) mass is 366 g/mol. The number of rotatable bonds is 4. The van der Waals surface area contributed by atoms with E-state index in [1.165, 1.54) is 23.3 Å². The van der Waals surface area contributed by atoms with Crippen LogP contribution in [0.4, 0.5) is 5.00 Å². The Labute approximate surface area is 148 Å². The second-order valence-corrected chi connectivity index (χ2v) is 7.36. The number of methoxy groups -OCH3 is 1. The maximum absolute atomic E-state index is 12.3. The number of nitrogens with one attached hydrogen (secondary N) is 2. The minimum atomic E-state index is -0.493. The van der Waals surface area contributed by atoms with E-state index in [2.05, 4.69) is 12.4 Å². The fourth-order valence-electron chi connectivity index (χ4n) is 3.14. The summed E-state index contributed by atoms with van der Waals surface area (Å²) < 4.78 is 4.87. The number of quaternary nitrogens is 1. The Kier molecular flexibility index (Phi) is 4.87. The Morgan fingerprint density at radius 1 is 1.24 bits per heavy atom. The van der Waals surface area contributed by atoms with Crippen molar-refractivity contribution in [1.82, 2.24) is 4.90 Å². The number of ether oxygens (including phenoxy) is 1. The van der Waals surface area contributed by atoms with Crippen LogP contribution in [-0.4, -0.2) is 55.8 Å². The van der Waals surface area contributed by atoms with Crippen LogP contribution in [0.25, 0.3) is 0 Å². The van der Waals surface area contributed by atoms with Gasteiger partial charge in [0.2, 0.25) is 17.7 Å². The molecule has 1 aromatic heterocycles. The van der Waals surface area contributed by atoms with Gasteiger partial charge >= 0.3 is 5.97 Å². The number of fused-ring (bicyclic) bond motifs is 1. The molecule has 0 radical (unpaired) electrons. The smallest absolute Gasteiger partial charge is 0.341 e. The predicted octanol–water partition coefficient (Wildman–Crippen LogP) is -0.807. The minimum absolute atomic E-state index is 0.141. The highest BCUT2D eigenvalue weighted by molar-refractivity contribution is 7.17. The van der Waals surface area contributed by atoms with Crippen LogP contribution in [0.5, 0.6) is 0 Å². The summed E-state index contributed by atoms with van der Waals surface area (Å²) in [6.45, 7) is 1.35. The molecule has 1 unspecified atom stereocenters. The Morgan fingerprint density at radius 2 is 1.92 bits per heavy atom. The van der Waals surface area contributed by atoms with Gasteiger partial charge < -0.3 is 15.0 Å². The van der Waals surface area contributed by atoms with Gasteiger partial charge in [0.25, 0.3) is 0 Å². The first-order valence-corrected chi connectivity index (χ1v) is 8.89. The van der Waals surface area contributed by atoms with Crippen molar-refractivity contribution in [2.45, 2.75) is 25.8 Å². The van der Waals surface area contributed by atoms with Crippen LogP contribution >= 0.6 is 11.3 Å².